The number of benzene rings is 2. The SMILES string of the molecule is COc1cc(C=C2Oc3cc(C)c(Cl)c(C)c3C2=O)cc(Br)c1O. The third-order valence-corrected chi connectivity index (χ3v) is 5.07. The van der Waals surface area contributed by atoms with E-state index in [2.05, 4.69) is 15.9 Å². The molecule has 2 aromatic rings. The molecule has 0 aromatic heterocycles. The fraction of sp³-hybridized carbons (Fsp3) is 0.167. The van der Waals surface area contributed by atoms with Crippen LogP contribution >= 0.6 is 27.5 Å². The number of hydrogen-bond acceptors (Lipinski definition) is 4. The molecule has 6 heteroatoms. The van der Waals surface area contributed by atoms with E-state index in [1.807, 2.05) is 6.92 Å². The van der Waals surface area contributed by atoms with Crippen LogP contribution in [0.2, 0.25) is 5.02 Å². The minimum atomic E-state index is -0.215. The van der Waals surface area contributed by atoms with E-state index in [4.69, 9.17) is 21.1 Å². The summed E-state index contributed by atoms with van der Waals surface area (Å²) in [5.41, 5.74) is 2.72. The highest BCUT2D eigenvalue weighted by Crippen LogP contribution is 2.40. The molecule has 1 aliphatic heterocycles. The lowest BCUT2D eigenvalue weighted by molar-refractivity contribution is 0.101. The van der Waals surface area contributed by atoms with Gasteiger partial charge >= 0.3 is 0 Å². The van der Waals surface area contributed by atoms with E-state index in [1.54, 1.807) is 31.2 Å². The number of methoxy groups -OCH3 is 1. The molecule has 4 nitrogen and oxygen atoms in total. The molecule has 0 amide bonds. The Balaban J connectivity index is 2.07. The number of aromatic hydroxyl groups is 1. The number of allylic oxidation sites excluding steroid dienone is 1. The lowest BCUT2D eigenvalue weighted by Gasteiger charge is -2.07. The second-order valence-corrected chi connectivity index (χ2v) is 6.73. The first-order valence-electron chi connectivity index (χ1n) is 7.14. The molecule has 0 saturated heterocycles. The number of hydrogen-bond donors (Lipinski definition) is 1. The second-order valence-electron chi connectivity index (χ2n) is 5.50. The molecule has 124 valence electrons. The van der Waals surface area contributed by atoms with Crippen molar-refractivity contribution in [3.05, 3.63) is 55.7 Å². The summed E-state index contributed by atoms with van der Waals surface area (Å²) >= 11 is 9.49. The molecule has 1 N–H and O–H groups in total. The predicted octanol–water partition coefficient (Wildman–Crippen LogP) is 5.05. The van der Waals surface area contributed by atoms with Crippen LogP contribution in [0, 0.1) is 13.8 Å². The van der Waals surface area contributed by atoms with Crippen LogP contribution in [0.25, 0.3) is 6.08 Å². The molecular weight excluding hydrogens is 396 g/mol. The van der Waals surface area contributed by atoms with Gasteiger partial charge in [-0.1, -0.05) is 11.6 Å². The van der Waals surface area contributed by atoms with Crippen molar-refractivity contribution >= 4 is 39.4 Å². The molecule has 0 radical (unpaired) electrons. The third kappa shape index (κ3) is 2.68. The maximum atomic E-state index is 12.6. The fourth-order valence-corrected chi connectivity index (χ4v) is 3.26. The van der Waals surface area contributed by atoms with Crippen molar-refractivity contribution in [2.24, 2.45) is 0 Å². The number of aryl methyl sites for hydroxylation is 1. The van der Waals surface area contributed by atoms with E-state index in [1.165, 1.54) is 7.11 Å². The first-order valence-corrected chi connectivity index (χ1v) is 8.31. The Morgan fingerprint density at radius 3 is 2.67 bits per heavy atom. The first kappa shape index (κ1) is 16.9. The van der Waals surface area contributed by atoms with E-state index in [0.717, 1.165) is 5.56 Å². The highest BCUT2D eigenvalue weighted by molar-refractivity contribution is 9.10. The standard InChI is InChI=1S/C18H14BrClO4/c1-8-4-12-15(9(2)16(8)20)18(22)14(24-12)7-10-5-11(19)17(21)13(6-10)23-3/h4-7,21H,1-3H3. The fourth-order valence-electron chi connectivity index (χ4n) is 2.65. The van der Waals surface area contributed by atoms with Crippen LogP contribution in [0.1, 0.15) is 27.0 Å². The summed E-state index contributed by atoms with van der Waals surface area (Å²) < 4.78 is 11.3. The highest BCUT2D eigenvalue weighted by atomic mass is 79.9. The Bertz CT molecular complexity index is 903. The molecule has 0 atom stereocenters. The number of ether oxygens (including phenoxy) is 2. The number of fused-ring (bicyclic) bond motifs is 1. The van der Waals surface area contributed by atoms with Gasteiger partial charge in [0.15, 0.2) is 17.3 Å². The molecule has 0 fully saturated rings. The third-order valence-electron chi connectivity index (χ3n) is 3.88. The first-order chi connectivity index (χ1) is 11.3. The van der Waals surface area contributed by atoms with Crippen LogP contribution in [0.15, 0.2) is 28.4 Å². The molecule has 2 aromatic carbocycles. The van der Waals surface area contributed by atoms with Gasteiger partial charge in [0.2, 0.25) is 5.78 Å². The molecule has 3 rings (SSSR count). The van der Waals surface area contributed by atoms with Gasteiger partial charge in [0, 0.05) is 5.02 Å². The average Bonchev–Trinajstić information content (AvgIpc) is 2.84. The maximum absolute atomic E-state index is 12.6. The summed E-state index contributed by atoms with van der Waals surface area (Å²) in [7, 11) is 1.46. The van der Waals surface area contributed by atoms with E-state index < -0.39 is 0 Å². The molecular formula is C18H14BrClO4. The molecule has 0 unspecified atom stereocenters. The average molecular weight is 410 g/mol. The van der Waals surface area contributed by atoms with Crippen LogP contribution in [0.3, 0.4) is 0 Å². The van der Waals surface area contributed by atoms with Crippen molar-refractivity contribution in [1.82, 2.24) is 0 Å². The van der Waals surface area contributed by atoms with Crippen LogP contribution in [-0.2, 0) is 0 Å². The zero-order chi connectivity index (χ0) is 17.6. The van der Waals surface area contributed by atoms with Crippen molar-refractivity contribution in [3.8, 4) is 17.2 Å². The van der Waals surface area contributed by atoms with Gasteiger partial charge in [0.1, 0.15) is 5.75 Å². The van der Waals surface area contributed by atoms with Gasteiger partial charge in [-0.15, -0.1) is 0 Å². The van der Waals surface area contributed by atoms with Crippen LogP contribution in [0.5, 0.6) is 17.2 Å². The molecule has 1 aliphatic rings. The van der Waals surface area contributed by atoms with Crippen molar-refractivity contribution in [1.29, 1.82) is 0 Å². The maximum Gasteiger partial charge on any atom is 0.232 e. The minimum absolute atomic E-state index is 0.000135. The normalized spacial score (nSPS) is 14.7. The lowest BCUT2D eigenvalue weighted by atomic mass is 10.0. The van der Waals surface area contributed by atoms with E-state index >= 15 is 0 Å². The smallest absolute Gasteiger partial charge is 0.232 e. The number of carbonyl (C=O) groups is 1. The molecule has 1 heterocycles. The van der Waals surface area contributed by atoms with Crippen molar-refractivity contribution in [3.63, 3.8) is 0 Å². The Labute approximate surface area is 152 Å². The van der Waals surface area contributed by atoms with E-state index in [9.17, 15) is 9.90 Å². The lowest BCUT2D eigenvalue weighted by Crippen LogP contribution is -2.00. The van der Waals surface area contributed by atoms with E-state index in [-0.39, 0.29) is 17.3 Å². The Hall–Kier alpha value is -1.98. The molecule has 0 bridgehead atoms. The largest absolute Gasteiger partial charge is 0.503 e. The highest BCUT2D eigenvalue weighted by Gasteiger charge is 2.31. The summed E-state index contributed by atoms with van der Waals surface area (Å²) in [4.78, 5) is 12.6. The van der Waals surface area contributed by atoms with Gasteiger partial charge in [0.05, 0.1) is 17.1 Å². The number of phenolic OH excluding ortho intramolecular Hbond substituents is 1. The Morgan fingerprint density at radius 1 is 1.29 bits per heavy atom. The summed E-state index contributed by atoms with van der Waals surface area (Å²) in [5.74, 6) is 0.798. The zero-order valence-electron chi connectivity index (χ0n) is 13.2. The van der Waals surface area contributed by atoms with Crippen LogP contribution in [0.4, 0.5) is 0 Å². The molecule has 0 aliphatic carbocycles. The molecule has 0 saturated carbocycles. The number of ketones is 1. The van der Waals surface area contributed by atoms with Crippen LogP contribution in [-0.4, -0.2) is 18.0 Å². The topological polar surface area (TPSA) is 55.8 Å². The van der Waals surface area contributed by atoms with Gasteiger partial charge in [-0.05, 0) is 70.7 Å². The number of rotatable bonds is 2. The summed E-state index contributed by atoms with van der Waals surface area (Å²) in [5, 5.41) is 10.4. The van der Waals surface area contributed by atoms with Crippen molar-refractivity contribution < 1.29 is 19.4 Å². The van der Waals surface area contributed by atoms with Gasteiger partial charge in [-0.3, -0.25) is 4.79 Å². The van der Waals surface area contributed by atoms with Gasteiger partial charge in [-0.2, -0.15) is 0 Å². The second kappa shape index (κ2) is 6.15. The zero-order valence-corrected chi connectivity index (χ0v) is 15.6. The Morgan fingerprint density at radius 2 is 2.00 bits per heavy atom. The molecule has 24 heavy (non-hydrogen) atoms. The predicted molar refractivity (Wildman–Crippen MR) is 96.2 cm³/mol. The number of phenols is 1. The van der Waals surface area contributed by atoms with E-state index in [0.29, 0.717) is 37.7 Å². The number of Topliss-reactive ketones (excluding diaryl/α,β-unsaturated/α-hetero) is 1. The minimum Gasteiger partial charge on any atom is -0.503 e. The van der Waals surface area contributed by atoms with Gasteiger partial charge in [0.25, 0.3) is 0 Å². The quantitative estimate of drug-likeness (QED) is 0.705. The monoisotopic (exact) mass is 408 g/mol. The Kier molecular flexibility index (Phi) is 4.32. The summed E-state index contributed by atoms with van der Waals surface area (Å²) in [6.07, 6.45) is 1.61. The summed E-state index contributed by atoms with van der Waals surface area (Å²) in [6, 6.07) is 5.06. The van der Waals surface area contributed by atoms with Gasteiger partial charge < -0.3 is 14.6 Å². The van der Waals surface area contributed by atoms with Crippen molar-refractivity contribution in [2.75, 3.05) is 7.11 Å². The molecule has 0 spiro atoms. The number of carbonyl (C=O) groups excluding carboxylic acids is 1. The van der Waals surface area contributed by atoms with Gasteiger partial charge in [-0.25, -0.2) is 0 Å². The summed E-state index contributed by atoms with van der Waals surface area (Å²) in [6.45, 7) is 3.67. The van der Waals surface area contributed by atoms with Crippen LogP contribution < -0.4 is 9.47 Å². The number of halogens is 2. The van der Waals surface area contributed by atoms with Crippen molar-refractivity contribution in [2.45, 2.75) is 13.8 Å².